The van der Waals surface area contributed by atoms with Crippen molar-refractivity contribution in [1.82, 2.24) is 0 Å². The molecule has 1 atom stereocenters. The molecule has 0 saturated carbocycles. The van der Waals surface area contributed by atoms with Gasteiger partial charge in [0.2, 0.25) is 0 Å². The van der Waals surface area contributed by atoms with Gasteiger partial charge in [-0.2, -0.15) is 0 Å². The van der Waals surface area contributed by atoms with E-state index in [-0.39, 0.29) is 11.4 Å². The van der Waals surface area contributed by atoms with Crippen molar-refractivity contribution in [3.05, 3.63) is 69.8 Å². The van der Waals surface area contributed by atoms with Gasteiger partial charge in [-0.25, -0.2) is 0 Å². The highest BCUT2D eigenvalue weighted by atomic mass is 16.6. The summed E-state index contributed by atoms with van der Waals surface area (Å²) < 4.78 is 5.09. The molecule has 2 aromatic carbocycles. The number of nitro groups is 1. The SMILES string of the molecule is CCC(C(=O)OCC(=O)Nc1ccc(C)cc1[N+](=O)[O-])c1ccccc1. The van der Waals surface area contributed by atoms with Gasteiger partial charge in [0.1, 0.15) is 5.69 Å². The minimum atomic E-state index is -0.631. The van der Waals surface area contributed by atoms with Gasteiger partial charge in [-0.05, 0) is 30.5 Å². The molecule has 0 spiro atoms. The van der Waals surface area contributed by atoms with Crippen LogP contribution < -0.4 is 5.32 Å². The molecule has 7 heteroatoms. The van der Waals surface area contributed by atoms with Crippen LogP contribution in [0.1, 0.15) is 30.4 Å². The third-order valence-electron chi connectivity index (χ3n) is 3.86. The second-order valence-electron chi connectivity index (χ2n) is 5.81. The molecule has 0 aliphatic carbocycles. The van der Waals surface area contributed by atoms with Crippen molar-refractivity contribution < 1.29 is 19.2 Å². The predicted molar refractivity (Wildman–Crippen MR) is 96.9 cm³/mol. The molecule has 0 fully saturated rings. The highest BCUT2D eigenvalue weighted by molar-refractivity contribution is 5.95. The Hall–Kier alpha value is -3.22. The van der Waals surface area contributed by atoms with E-state index in [0.29, 0.717) is 12.0 Å². The van der Waals surface area contributed by atoms with E-state index < -0.39 is 29.3 Å². The second-order valence-corrected chi connectivity index (χ2v) is 5.81. The summed E-state index contributed by atoms with van der Waals surface area (Å²) >= 11 is 0. The summed E-state index contributed by atoms with van der Waals surface area (Å²) in [6.45, 7) is 3.07. The molecule has 2 aromatic rings. The number of rotatable bonds is 7. The zero-order valence-corrected chi connectivity index (χ0v) is 14.6. The molecule has 1 unspecified atom stereocenters. The van der Waals surface area contributed by atoms with E-state index in [1.165, 1.54) is 12.1 Å². The molecule has 7 nitrogen and oxygen atoms in total. The fourth-order valence-electron chi connectivity index (χ4n) is 2.55. The number of carbonyl (C=O) groups is 2. The summed E-state index contributed by atoms with van der Waals surface area (Å²) in [5, 5.41) is 13.5. The van der Waals surface area contributed by atoms with Crippen LogP contribution in [0, 0.1) is 17.0 Å². The number of anilines is 1. The molecular weight excluding hydrogens is 336 g/mol. The summed E-state index contributed by atoms with van der Waals surface area (Å²) in [5.41, 5.74) is 1.38. The minimum absolute atomic E-state index is 0.0664. The van der Waals surface area contributed by atoms with Crippen molar-refractivity contribution >= 4 is 23.3 Å². The number of nitro benzene ring substituents is 1. The number of esters is 1. The number of ether oxygens (including phenoxy) is 1. The van der Waals surface area contributed by atoms with Crippen LogP contribution >= 0.6 is 0 Å². The number of carbonyl (C=O) groups excluding carboxylic acids is 2. The van der Waals surface area contributed by atoms with E-state index in [2.05, 4.69) is 5.32 Å². The number of hydrogen-bond acceptors (Lipinski definition) is 5. The normalized spacial score (nSPS) is 11.5. The van der Waals surface area contributed by atoms with E-state index >= 15 is 0 Å². The maximum atomic E-state index is 12.2. The lowest BCUT2D eigenvalue weighted by atomic mass is 9.97. The smallest absolute Gasteiger partial charge is 0.313 e. The number of aryl methyl sites for hydroxylation is 1. The first kappa shape index (κ1) is 19.1. The molecule has 1 amide bonds. The zero-order chi connectivity index (χ0) is 19.1. The Labute approximate surface area is 151 Å². The molecule has 136 valence electrons. The summed E-state index contributed by atoms with van der Waals surface area (Å²) in [7, 11) is 0. The van der Waals surface area contributed by atoms with Gasteiger partial charge in [0.25, 0.3) is 11.6 Å². The summed E-state index contributed by atoms with van der Waals surface area (Å²) in [6.07, 6.45) is 0.536. The largest absolute Gasteiger partial charge is 0.455 e. The molecule has 26 heavy (non-hydrogen) atoms. The van der Waals surface area contributed by atoms with Gasteiger partial charge in [0.15, 0.2) is 6.61 Å². The lowest BCUT2D eigenvalue weighted by Gasteiger charge is -2.14. The molecule has 0 aromatic heterocycles. The lowest BCUT2D eigenvalue weighted by Crippen LogP contribution is -2.24. The van der Waals surface area contributed by atoms with Crippen LogP contribution in [0.5, 0.6) is 0 Å². The first-order valence-electron chi connectivity index (χ1n) is 8.18. The van der Waals surface area contributed by atoms with E-state index in [1.807, 2.05) is 37.3 Å². The van der Waals surface area contributed by atoms with E-state index in [0.717, 1.165) is 5.56 Å². The van der Waals surface area contributed by atoms with Crippen LogP contribution in [0.3, 0.4) is 0 Å². The average molecular weight is 356 g/mol. The molecule has 0 saturated heterocycles. The van der Waals surface area contributed by atoms with Gasteiger partial charge < -0.3 is 10.1 Å². The third kappa shape index (κ3) is 4.89. The van der Waals surface area contributed by atoms with Crippen LogP contribution in [0.2, 0.25) is 0 Å². The monoisotopic (exact) mass is 356 g/mol. The van der Waals surface area contributed by atoms with Crippen LogP contribution in [0.15, 0.2) is 48.5 Å². The molecule has 0 bridgehead atoms. The first-order valence-corrected chi connectivity index (χ1v) is 8.18. The standard InChI is InChI=1S/C19H20N2O5/c1-3-15(14-7-5-4-6-8-14)19(23)26-12-18(22)20-16-10-9-13(2)11-17(16)21(24)25/h4-11,15H,3,12H2,1-2H3,(H,20,22). The van der Waals surface area contributed by atoms with Gasteiger partial charge in [0, 0.05) is 6.07 Å². The molecule has 0 heterocycles. The average Bonchev–Trinajstić information content (AvgIpc) is 2.63. The van der Waals surface area contributed by atoms with Gasteiger partial charge in [-0.15, -0.1) is 0 Å². The molecule has 0 aliphatic heterocycles. The quantitative estimate of drug-likeness (QED) is 0.464. The van der Waals surface area contributed by atoms with Crippen molar-refractivity contribution in [2.24, 2.45) is 0 Å². The number of amides is 1. The zero-order valence-electron chi connectivity index (χ0n) is 14.6. The Kier molecular flexibility index (Phi) is 6.43. The number of benzene rings is 2. The highest BCUT2D eigenvalue weighted by Crippen LogP contribution is 2.25. The number of hydrogen-bond donors (Lipinski definition) is 1. The van der Waals surface area contributed by atoms with E-state index in [4.69, 9.17) is 4.74 Å². The Morgan fingerprint density at radius 3 is 2.50 bits per heavy atom. The lowest BCUT2D eigenvalue weighted by molar-refractivity contribution is -0.384. The number of nitrogens with one attached hydrogen (secondary N) is 1. The number of nitrogens with zero attached hydrogens (tertiary/aromatic N) is 1. The minimum Gasteiger partial charge on any atom is -0.455 e. The van der Waals surface area contributed by atoms with Crippen LogP contribution in [0.25, 0.3) is 0 Å². The maximum Gasteiger partial charge on any atom is 0.313 e. The Morgan fingerprint density at radius 2 is 1.88 bits per heavy atom. The van der Waals surface area contributed by atoms with E-state index in [9.17, 15) is 19.7 Å². The van der Waals surface area contributed by atoms with Crippen molar-refractivity contribution in [2.45, 2.75) is 26.2 Å². The predicted octanol–water partition coefficient (Wildman–Crippen LogP) is 3.58. The van der Waals surface area contributed by atoms with Crippen molar-refractivity contribution in [3.63, 3.8) is 0 Å². The maximum absolute atomic E-state index is 12.2. The fraction of sp³-hybridized carbons (Fsp3) is 0.263. The Balaban J connectivity index is 1.98. The third-order valence-corrected chi connectivity index (χ3v) is 3.86. The van der Waals surface area contributed by atoms with Crippen LogP contribution in [0.4, 0.5) is 11.4 Å². The van der Waals surface area contributed by atoms with Gasteiger partial charge >= 0.3 is 5.97 Å². The Morgan fingerprint density at radius 1 is 1.19 bits per heavy atom. The van der Waals surface area contributed by atoms with Gasteiger partial charge in [-0.1, -0.05) is 43.3 Å². The molecule has 0 radical (unpaired) electrons. The van der Waals surface area contributed by atoms with Crippen molar-refractivity contribution in [2.75, 3.05) is 11.9 Å². The van der Waals surface area contributed by atoms with Crippen molar-refractivity contribution in [1.29, 1.82) is 0 Å². The van der Waals surface area contributed by atoms with Crippen LogP contribution in [-0.4, -0.2) is 23.4 Å². The molecule has 2 rings (SSSR count). The second kappa shape index (κ2) is 8.75. The Bertz CT molecular complexity index is 805. The molecular formula is C19H20N2O5. The summed E-state index contributed by atoms with van der Waals surface area (Å²) in [4.78, 5) is 34.8. The van der Waals surface area contributed by atoms with Crippen molar-refractivity contribution in [3.8, 4) is 0 Å². The summed E-state index contributed by atoms with van der Waals surface area (Å²) in [5.74, 6) is -1.60. The van der Waals surface area contributed by atoms with Crippen LogP contribution in [-0.2, 0) is 14.3 Å². The first-order chi connectivity index (χ1) is 12.4. The van der Waals surface area contributed by atoms with Gasteiger partial charge in [-0.3, -0.25) is 19.7 Å². The highest BCUT2D eigenvalue weighted by Gasteiger charge is 2.22. The fourth-order valence-corrected chi connectivity index (χ4v) is 2.55. The summed E-state index contributed by atoms with van der Waals surface area (Å²) in [6, 6.07) is 13.6. The molecule has 1 N–H and O–H groups in total. The topological polar surface area (TPSA) is 98.5 Å². The van der Waals surface area contributed by atoms with E-state index in [1.54, 1.807) is 13.0 Å². The van der Waals surface area contributed by atoms with Gasteiger partial charge in [0.05, 0.1) is 10.8 Å². The molecule has 0 aliphatic rings.